The highest BCUT2D eigenvalue weighted by atomic mass is 16.2. The van der Waals surface area contributed by atoms with Crippen molar-refractivity contribution in [1.29, 1.82) is 0 Å². The molecular formula is C19H22N4O3. The molecular weight excluding hydrogens is 332 g/mol. The summed E-state index contributed by atoms with van der Waals surface area (Å²) in [6.45, 7) is 4.05. The van der Waals surface area contributed by atoms with Crippen molar-refractivity contribution in [3.63, 3.8) is 0 Å². The van der Waals surface area contributed by atoms with Crippen LogP contribution in [0.15, 0.2) is 48.5 Å². The zero-order chi connectivity index (χ0) is 18.9. The fourth-order valence-electron chi connectivity index (χ4n) is 2.22. The average Bonchev–Trinajstić information content (AvgIpc) is 2.61. The first-order chi connectivity index (χ1) is 12.5. The first kappa shape index (κ1) is 19.0. The quantitative estimate of drug-likeness (QED) is 0.600. The first-order valence-corrected chi connectivity index (χ1v) is 8.22. The highest BCUT2D eigenvalue weighted by Gasteiger charge is 2.07. The van der Waals surface area contributed by atoms with Gasteiger partial charge in [-0.3, -0.25) is 9.59 Å². The van der Waals surface area contributed by atoms with Gasteiger partial charge in [-0.25, -0.2) is 4.79 Å². The lowest BCUT2D eigenvalue weighted by atomic mass is 10.2. The van der Waals surface area contributed by atoms with Crippen LogP contribution in [0.25, 0.3) is 0 Å². The topological polar surface area (TPSA) is 99.3 Å². The van der Waals surface area contributed by atoms with Crippen molar-refractivity contribution in [2.45, 2.75) is 13.8 Å². The summed E-state index contributed by atoms with van der Waals surface area (Å²) in [5.41, 5.74) is 2.75. The second kappa shape index (κ2) is 9.22. The van der Waals surface area contributed by atoms with Gasteiger partial charge in [0.05, 0.1) is 0 Å². The van der Waals surface area contributed by atoms with Crippen molar-refractivity contribution in [2.24, 2.45) is 0 Å². The summed E-state index contributed by atoms with van der Waals surface area (Å²) >= 11 is 0. The SMILES string of the molecule is CC(=O)NCCNC(=O)c1ccc(NC(=O)Nc2ccccc2C)cc1. The van der Waals surface area contributed by atoms with Crippen molar-refractivity contribution in [2.75, 3.05) is 23.7 Å². The molecule has 0 aliphatic rings. The van der Waals surface area contributed by atoms with E-state index in [0.29, 0.717) is 24.3 Å². The fourth-order valence-corrected chi connectivity index (χ4v) is 2.22. The Morgan fingerprint density at radius 3 is 2.15 bits per heavy atom. The van der Waals surface area contributed by atoms with E-state index in [1.54, 1.807) is 24.3 Å². The van der Waals surface area contributed by atoms with Gasteiger partial charge in [-0.2, -0.15) is 0 Å². The Morgan fingerprint density at radius 1 is 0.846 bits per heavy atom. The largest absolute Gasteiger partial charge is 0.355 e. The van der Waals surface area contributed by atoms with Crippen LogP contribution in [0.3, 0.4) is 0 Å². The van der Waals surface area contributed by atoms with Crippen molar-refractivity contribution in [1.82, 2.24) is 10.6 Å². The number of urea groups is 1. The normalized spacial score (nSPS) is 9.92. The van der Waals surface area contributed by atoms with Crippen molar-refractivity contribution < 1.29 is 14.4 Å². The number of para-hydroxylation sites is 1. The van der Waals surface area contributed by atoms with Gasteiger partial charge in [0.1, 0.15) is 0 Å². The van der Waals surface area contributed by atoms with E-state index in [4.69, 9.17) is 0 Å². The van der Waals surface area contributed by atoms with E-state index in [0.717, 1.165) is 11.3 Å². The van der Waals surface area contributed by atoms with Crippen LogP contribution in [0.4, 0.5) is 16.2 Å². The lowest BCUT2D eigenvalue weighted by Crippen LogP contribution is -2.33. The van der Waals surface area contributed by atoms with Gasteiger partial charge < -0.3 is 21.3 Å². The molecule has 0 bridgehead atoms. The summed E-state index contributed by atoms with van der Waals surface area (Å²) in [5, 5.41) is 10.8. The summed E-state index contributed by atoms with van der Waals surface area (Å²) in [7, 11) is 0. The lowest BCUT2D eigenvalue weighted by molar-refractivity contribution is -0.118. The van der Waals surface area contributed by atoms with Crippen molar-refractivity contribution in [3.05, 3.63) is 59.7 Å². The van der Waals surface area contributed by atoms with Gasteiger partial charge in [0.15, 0.2) is 0 Å². The van der Waals surface area contributed by atoms with Gasteiger partial charge in [-0.1, -0.05) is 18.2 Å². The Bertz CT molecular complexity index is 788. The molecule has 0 aliphatic heterocycles. The predicted octanol–water partition coefficient (Wildman–Crippen LogP) is 2.50. The number of hydrogen-bond donors (Lipinski definition) is 4. The molecule has 0 radical (unpaired) electrons. The molecule has 0 heterocycles. The fraction of sp³-hybridized carbons (Fsp3) is 0.211. The molecule has 136 valence electrons. The molecule has 0 spiro atoms. The minimum absolute atomic E-state index is 0.140. The summed E-state index contributed by atoms with van der Waals surface area (Å²) < 4.78 is 0. The second-order valence-corrected chi connectivity index (χ2v) is 5.71. The smallest absolute Gasteiger partial charge is 0.323 e. The third-order valence-corrected chi connectivity index (χ3v) is 3.58. The van der Waals surface area contributed by atoms with Crippen LogP contribution >= 0.6 is 0 Å². The van der Waals surface area contributed by atoms with E-state index >= 15 is 0 Å². The van der Waals surface area contributed by atoms with Gasteiger partial charge in [0.25, 0.3) is 5.91 Å². The molecule has 26 heavy (non-hydrogen) atoms. The Morgan fingerprint density at radius 2 is 1.50 bits per heavy atom. The Balaban J connectivity index is 1.84. The molecule has 0 aliphatic carbocycles. The minimum Gasteiger partial charge on any atom is -0.355 e. The molecule has 0 saturated heterocycles. The molecule has 0 atom stereocenters. The van der Waals surface area contributed by atoms with Crippen molar-refractivity contribution >= 4 is 29.2 Å². The average molecular weight is 354 g/mol. The number of anilines is 2. The molecule has 4 N–H and O–H groups in total. The zero-order valence-electron chi connectivity index (χ0n) is 14.8. The monoisotopic (exact) mass is 354 g/mol. The third kappa shape index (κ3) is 5.94. The Hall–Kier alpha value is -3.35. The van der Waals surface area contributed by atoms with E-state index in [1.807, 2.05) is 31.2 Å². The van der Waals surface area contributed by atoms with E-state index in [9.17, 15) is 14.4 Å². The molecule has 2 aromatic carbocycles. The van der Waals surface area contributed by atoms with Crippen molar-refractivity contribution in [3.8, 4) is 0 Å². The van der Waals surface area contributed by atoms with Crippen LogP contribution in [0, 0.1) is 6.92 Å². The van der Waals surface area contributed by atoms with E-state index in [1.165, 1.54) is 6.92 Å². The van der Waals surface area contributed by atoms with Crippen LogP contribution in [-0.4, -0.2) is 30.9 Å². The van der Waals surface area contributed by atoms with Gasteiger partial charge in [0, 0.05) is 37.0 Å². The number of carbonyl (C=O) groups excluding carboxylic acids is 3. The predicted molar refractivity (Wildman–Crippen MR) is 101 cm³/mol. The summed E-state index contributed by atoms with van der Waals surface area (Å²) in [6, 6.07) is 13.7. The summed E-state index contributed by atoms with van der Waals surface area (Å²) in [4.78, 5) is 34.8. The number of benzene rings is 2. The first-order valence-electron chi connectivity index (χ1n) is 8.22. The maximum Gasteiger partial charge on any atom is 0.323 e. The molecule has 4 amide bonds. The molecule has 7 nitrogen and oxygen atoms in total. The number of nitrogens with one attached hydrogen (secondary N) is 4. The van der Waals surface area contributed by atoms with Gasteiger partial charge in [-0.05, 0) is 42.8 Å². The van der Waals surface area contributed by atoms with Crippen LogP contribution in [0.1, 0.15) is 22.8 Å². The summed E-state index contributed by atoms with van der Waals surface area (Å²) in [6.07, 6.45) is 0. The molecule has 2 aromatic rings. The minimum atomic E-state index is -0.355. The second-order valence-electron chi connectivity index (χ2n) is 5.71. The standard InChI is InChI=1S/C19H22N4O3/c1-13-5-3-4-6-17(13)23-19(26)22-16-9-7-15(8-10-16)18(25)21-12-11-20-14(2)24/h3-10H,11-12H2,1-2H3,(H,20,24)(H,21,25)(H2,22,23,26). The maximum absolute atomic E-state index is 12.0. The van der Waals surface area contributed by atoms with Gasteiger partial charge in [0.2, 0.25) is 5.91 Å². The van der Waals surface area contributed by atoms with Gasteiger partial charge >= 0.3 is 6.03 Å². The van der Waals surface area contributed by atoms with Crippen LogP contribution in [0.5, 0.6) is 0 Å². The maximum atomic E-state index is 12.0. The number of aryl methyl sites for hydroxylation is 1. The molecule has 0 unspecified atom stereocenters. The number of carbonyl (C=O) groups is 3. The molecule has 7 heteroatoms. The lowest BCUT2D eigenvalue weighted by Gasteiger charge is -2.10. The number of rotatable bonds is 6. The van der Waals surface area contributed by atoms with Crippen LogP contribution < -0.4 is 21.3 Å². The zero-order valence-corrected chi connectivity index (χ0v) is 14.8. The molecule has 0 aromatic heterocycles. The highest BCUT2D eigenvalue weighted by molar-refractivity contribution is 6.00. The van der Waals surface area contributed by atoms with E-state index in [-0.39, 0.29) is 17.8 Å². The molecule has 0 saturated carbocycles. The third-order valence-electron chi connectivity index (χ3n) is 3.58. The van der Waals surface area contributed by atoms with Crippen LogP contribution in [0.2, 0.25) is 0 Å². The van der Waals surface area contributed by atoms with E-state index in [2.05, 4.69) is 21.3 Å². The number of amides is 4. The Labute approximate surface area is 152 Å². The molecule has 2 rings (SSSR count). The highest BCUT2D eigenvalue weighted by Crippen LogP contribution is 2.14. The Kier molecular flexibility index (Phi) is 6.73. The van der Waals surface area contributed by atoms with Crippen LogP contribution in [-0.2, 0) is 4.79 Å². The van der Waals surface area contributed by atoms with Gasteiger partial charge in [-0.15, -0.1) is 0 Å². The van der Waals surface area contributed by atoms with E-state index < -0.39 is 0 Å². The number of hydrogen-bond acceptors (Lipinski definition) is 3. The molecule has 0 fully saturated rings. The summed E-state index contributed by atoms with van der Waals surface area (Å²) in [5.74, 6) is -0.384.